The number of nitrogens with one attached hydrogen (secondary N) is 1. The van der Waals surface area contributed by atoms with E-state index in [1.54, 1.807) is 6.92 Å². The van der Waals surface area contributed by atoms with Crippen molar-refractivity contribution >= 4 is 11.7 Å². The molecule has 0 saturated carbocycles. The van der Waals surface area contributed by atoms with E-state index in [1.807, 2.05) is 18.2 Å². The summed E-state index contributed by atoms with van der Waals surface area (Å²) in [7, 11) is 2.10. The van der Waals surface area contributed by atoms with Crippen LogP contribution >= 0.6 is 0 Å². The zero-order valence-corrected chi connectivity index (χ0v) is 13.0. The topological polar surface area (TPSA) is 50.8 Å². The molecular formula is C16H26N2O3. The Hall–Kier alpha value is -1.59. The maximum absolute atomic E-state index is 11.0. The van der Waals surface area contributed by atoms with Crippen molar-refractivity contribution in [1.82, 2.24) is 5.32 Å². The Morgan fingerprint density at radius 2 is 2.00 bits per heavy atom. The highest BCUT2D eigenvalue weighted by Crippen LogP contribution is 2.10. The number of rotatable bonds is 11. The van der Waals surface area contributed by atoms with Crippen molar-refractivity contribution in [1.29, 1.82) is 0 Å². The number of ether oxygens (including phenoxy) is 2. The summed E-state index contributed by atoms with van der Waals surface area (Å²) >= 11 is 0. The predicted molar refractivity (Wildman–Crippen MR) is 84.7 cm³/mol. The first kappa shape index (κ1) is 17.5. The number of para-hydroxylation sites is 1. The first-order valence-electron chi connectivity index (χ1n) is 7.44. The molecule has 0 unspecified atom stereocenters. The van der Waals surface area contributed by atoms with Crippen molar-refractivity contribution in [2.24, 2.45) is 0 Å². The van der Waals surface area contributed by atoms with E-state index in [2.05, 4.69) is 29.4 Å². The molecule has 0 atom stereocenters. The normalized spacial score (nSPS) is 10.4. The van der Waals surface area contributed by atoms with Gasteiger partial charge in [-0.2, -0.15) is 0 Å². The third kappa shape index (κ3) is 8.32. The number of carbonyl (C=O) groups excluding carboxylic acids is 1. The number of nitrogens with zero attached hydrogens (tertiary/aromatic N) is 1. The van der Waals surface area contributed by atoms with Gasteiger partial charge in [0.2, 0.25) is 0 Å². The van der Waals surface area contributed by atoms with Gasteiger partial charge in [-0.25, -0.2) is 4.79 Å². The monoisotopic (exact) mass is 294 g/mol. The van der Waals surface area contributed by atoms with Crippen molar-refractivity contribution in [3.8, 4) is 0 Å². The van der Waals surface area contributed by atoms with E-state index in [0.717, 1.165) is 26.1 Å². The largest absolute Gasteiger partial charge is 0.464 e. The van der Waals surface area contributed by atoms with Gasteiger partial charge in [-0.3, -0.25) is 0 Å². The second kappa shape index (κ2) is 11.1. The smallest absolute Gasteiger partial charge is 0.332 e. The zero-order chi connectivity index (χ0) is 15.3. The summed E-state index contributed by atoms with van der Waals surface area (Å²) in [5.41, 5.74) is 1.23. The lowest BCUT2D eigenvalue weighted by Crippen LogP contribution is -2.26. The van der Waals surface area contributed by atoms with Gasteiger partial charge in [0.25, 0.3) is 0 Å². The van der Waals surface area contributed by atoms with Crippen LogP contribution in [0.25, 0.3) is 0 Å². The molecule has 0 aliphatic heterocycles. The number of benzene rings is 1. The Morgan fingerprint density at radius 1 is 1.24 bits per heavy atom. The molecule has 1 aromatic carbocycles. The van der Waals surface area contributed by atoms with Gasteiger partial charge < -0.3 is 19.7 Å². The summed E-state index contributed by atoms with van der Waals surface area (Å²) in [6.45, 7) is 5.41. The summed E-state index contributed by atoms with van der Waals surface area (Å²) < 4.78 is 9.96. The predicted octanol–water partition coefficient (Wildman–Crippen LogP) is 1.68. The van der Waals surface area contributed by atoms with E-state index < -0.39 is 0 Å². The molecule has 118 valence electrons. The van der Waals surface area contributed by atoms with E-state index >= 15 is 0 Å². The summed E-state index contributed by atoms with van der Waals surface area (Å²) in [5.74, 6) is -0.304. The molecule has 5 nitrogen and oxygen atoms in total. The van der Waals surface area contributed by atoms with Crippen LogP contribution in [0.15, 0.2) is 30.3 Å². The summed E-state index contributed by atoms with van der Waals surface area (Å²) in [4.78, 5) is 13.2. The standard InChI is InChI=1S/C16H26N2O3/c1-3-21-16(19)14-20-13-11-17-10-7-12-18(2)15-8-5-4-6-9-15/h4-6,8-9,17H,3,7,10-14H2,1-2H3. The fourth-order valence-electron chi connectivity index (χ4n) is 1.88. The van der Waals surface area contributed by atoms with Crippen molar-refractivity contribution in [3.05, 3.63) is 30.3 Å². The quantitative estimate of drug-likeness (QED) is 0.497. The average molecular weight is 294 g/mol. The van der Waals surface area contributed by atoms with Crippen LogP contribution < -0.4 is 10.2 Å². The third-order valence-electron chi connectivity index (χ3n) is 2.99. The Bertz CT molecular complexity index is 384. The lowest BCUT2D eigenvalue weighted by Gasteiger charge is -2.19. The molecule has 21 heavy (non-hydrogen) atoms. The summed E-state index contributed by atoms with van der Waals surface area (Å²) in [5, 5.41) is 3.29. The first-order valence-corrected chi connectivity index (χ1v) is 7.44. The first-order chi connectivity index (χ1) is 10.2. The van der Waals surface area contributed by atoms with Gasteiger partial charge in [0, 0.05) is 25.8 Å². The highest BCUT2D eigenvalue weighted by molar-refractivity contribution is 5.70. The van der Waals surface area contributed by atoms with Gasteiger partial charge in [-0.05, 0) is 32.0 Å². The lowest BCUT2D eigenvalue weighted by atomic mass is 10.3. The minimum absolute atomic E-state index is 0.0340. The van der Waals surface area contributed by atoms with Crippen molar-refractivity contribution < 1.29 is 14.3 Å². The van der Waals surface area contributed by atoms with Gasteiger partial charge >= 0.3 is 5.97 Å². The molecule has 5 heteroatoms. The fraction of sp³-hybridized carbons (Fsp3) is 0.562. The molecule has 0 aliphatic carbocycles. The van der Waals surface area contributed by atoms with Gasteiger partial charge in [0.05, 0.1) is 13.2 Å². The molecule has 1 rings (SSSR count). The molecular weight excluding hydrogens is 268 g/mol. The minimum Gasteiger partial charge on any atom is -0.464 e. The van der Waals surface area contributed by atoms with Crippen LogP contribution in [0.4, 0.5) is 5.69 Å². The highest BCUT2D eigenvalue weighted by atomic mass is 16.6. The van der Waals surface area contributed by atoms with Crippen LogP contribution in [-0.4, -0.2) is 52.5 Å². The lowest BCUT2D eigenvalue weighted by molar-refractivity contribution is -0.148. The Kier molecular flexibility index (Phi) is 9.24. The summed E-state index contributed by atoms with van der Waals surface area (Å²) in [6, 6.07) is 10.3. The van der Waals surface area contributed by atoms with Crippen molar-refractivity contribution in [3.63, 3.8) is 0 Å². The van der Waals surface area contributed by atoms with E-state index in [4.69, 9.17) is 9.47 Å². The maximum Gasteiger partial charge on any atom is 0.332 e. The van der Waals surface area contributed by atoms with E-state index in [-0.39, 0.29) is 12.6 Å². The molecule has 0 heterocycles. The molecule has 0 fully saturated rings. The number of hydrogen-bond donors (Lipinski definition) is 1. The van der Waals surface area contributed by atoms with E-state index in [1.165, 1.54) is 5.69 Å². The molecule has 0 aromatic heterocycles. The molecule has 0 radical (unpaired) electrons. The number of anilines is 1. The van der Waals surface area contributed by atoms with Gasteiger partial charge in [-0.15, -0.1) is 0 Å². The highest BCUT2D eigenvalue weighted by Gasteiger charge is 2.01. The van der Waals surface area contributed by atoms with Crippen molar-refractivity contribution in [2.75, 3.05) is 51.4 Å². The molecule has 1 N–H and O–H groups in total. The van der Waals surface area contributed by atoms with Crippen LogP contribution in [0.1, 0.15) is 13.3 Å². The van der Waals surface area contributed by atoms with Crippen LogP contribution in [0.2, 0.25) is 0 Å². The minimum atomic E-state index is -0.304. The third-order valence-corrected chi connectivity index (χ3v) is 2.99. The fourth-order valence-corrected chi connectivity index (χ4v) is 1.88. The van der Waals surface area contributed by atoms with Crippen LogP contribution in [0.5, 0.6) is 0 Å². The second-order valence-corrected chi connectivity index (χ2v) is 4.72. The molecule has 0 bridgehead atoms. The van der Waals surface area contributed by atoms with Crippen LogP contribution in [0, 0.1) is 0 Å². The molecule has 0 spiro atoms. The maximum atomic E-state index is 11.0. The van der Waals surface area contributed by atoms with Gasteiger partial charge in [-0.1, -0.05) is 18.2 Å². The molecule has 0 amide bonds. The molecule has 0 aliphatic rings. The molecule has 1 aromatic rings. The van der Waals surface area contributed by atoms with Crippen molar-refractivity contribution in [2.45, 2.75) is 13.3 Å². The Morgan fingerprint density at radius 3 is 2.71 bits per heavy atom. The zero-order valence-electron chi connectivity index (χ0n) is 13.0. The SMILES string of the molecule is CCOC(=O)COCCNCCCN(C)c1ccccc1. The van der Waals surface area contributed by atoms with Crippen LogP contribution in [0.3, 0.4) is 0 Å². The number of carbonyl (C=O) groups is 1. The Labute approximate surface area is 127 Å². The van der Waals surface area contributed by atoms with E-state index in [0.29, 0.717) is 13.2 Å². The molecule has 0 saturated heterocycles. The van der Waals surface area contributed by atoms with Crippen LogP contribution in [-0.2, 0) is 14.3 Å². The van der Waals surface area contributed by atoms with Gasteiger partial charge in [0.1, 0.15) is 6.61 Å². The summed E-state index contributed by atoms with van der Waals surface area (Å²) in [6.07, 6.45) is 1.06. The Balaban J connectivity index is 1.94. The number of hydrogen-bond acceptors (Lipinski definition) is 5. The average Bonchev–Trinajstić information content (AvgIpc) is 2.51. The number of esters is 1. The van der Waals surface area contributed by atoms with Gasteiger partial charge in [0.15, 0.2) is 0 Å². The second-order valence-electron chi connectivity index (χ2n) is 4.72. The van der Waals surface area contributed by atoms with E-state index in [9.17, 15) is 4.79 Å².